The molecular formula is C14H23N3O3S2. The number of rotatable bonds is 6. The van der Waals surface area contributed by atoms with Crippen LogP contribution < -0.4 is 10.1 Å². The zero-order chi connectivity index (χ0) is 15.7. The summed E-state index contributed by atoms with van der Waals surface area (Å²) in [6.45, 7) is 3.35. The monoisotopic (exact) mass is 345 g/mol. The lowest BCUT2D eigenvalue weighted by Crippen LogP contribution is -2.46. The highest BCUT2D eigenvalue weighted by Gasteiger charge is 2.41. The lowest BCUT2D eigenvalue weighted by atomic mass is 10.0. The minimum atomic E-state index is -3.02. The van der Waals surface area contributed by atoms with Gasteiger partial charge in [0.05, 0.1) is 12.4 Å². The first-order valence-corrected chi connectivity index (χ1v) is 10.1. The molecule has 124 valence electrons. The minimum absolute atomic E-state index is 0.0999. The van der Waals surface area contributed by atoms with Crippen LogP contribution in [-0.2, 0) is 10.0 Å². The van der Waals surface area contributed by atoms with Crippen LogP contribution in [0.15, 0.2) is 5.38 Å². The first-order valence-electron chi connectivity index (χ1n) is 7.75. The predicted octanol–water partition coefficient (Wildman–Crippen LogP) is 1.76. The maximum Gasteiger partial charge on any atom is 0.229 e. The lowest BCUT2D eigenvalue weighted by molar-refractivity contribution is 0.275. The number of nitrogens with one attached hydrogen (secondary N) is 1. The number of methoxy groups -OCH3 is 1. The molecule has 1 N–H and O–H groups in total. The summed E-state index contributed by atoms with van der Waals surface area (Å²) in [7, 11) is -1.39. The van der Waals surface area contributed by atoms with Gasteiger partial charge in [-0.3, -0.25) is 0 Å². The van der Waals surface area contributed by atoms with Gasteiger partial charge in [-0.15, -0.1) is 0 Å². The van der Waals surface area contributed by atoms with Crippen molar-refractivity contribution in [2.45, 2.75) is 49.9 Å². The Kier molecular flexibility index (Phi) is 4.72. The van der Waals surface area contributed by atoms with Crippen molar-refractivity contribution >= 4 is 21.6 Å². The molecule has 1 aliphatic heterocycles. The number of hydrogen-bond donors (Lipinski definition) is 1. The highest BCUT2D eigenvalue weighted by atomic mass is 32.2. The summed E-state index contributed by atoms with van der Waals surface area (Å²) in [4.78, 5) is 0. The normalized spacial score (nSPS) is 22.6. The summed E-state index contributed by atoms with van der Waals surface area (Å²) in [5.41, 5.74) is 1.07. The molecule has 0 radical (unpaired) electrons. The van der Waals surface area contributed by atoms with E-state index in [-0.39, 0.29) is 11.3 Å². The van der Waals surface area contributed by atoms with E-state index in [1.54, 1.807) is 11.4 Å². The molecule has 1 aliphatic carbocycles. The molecule has 1 saturated heterocycles. The summed E-state index contributed by atoms with van der Waals surface area (Å²) >= 11 is 1.39. The zero-order valence-corrected chi connectivity index (χ0v) is 14.6. The van der Waals surface area contributed by atoms with Crippen LogP contribution in [0.1, 0.15) is 44.2 Å². The highest BCUT2D eigenvalue weighted by molar-refractivity contribution is 7.90. The Morgan fingerprint density at radius 3 is 2.64 bits per heavy atom. The van der Waals surface area contributed by atoms with Crippen LogP contribution in [0.5, 0.6) is 5.88 Å². The van der Waals surface area contributed by atoms with Gasteiger partial charge in [0, 0.05) is 36.1 Å². The average molecular weight is 345 g/mol. The third kappa shape index (κ3) is 3.29. The molecule has 2 heterocycles. The Morgan fingerprint density at radius 2 is 2.05 bits per heavy atom. The summed E-state index contributed by atoms with van der Waals surface area (Å²) in [6, 6.07) is 0.496. The van der Waals surface area contributed by atoms with E-state index >= 15 is 0 Å². The van der Waals surface area contributed by atoms with E-state index in [9.17, 15) is 8.42 Å². The van der Waals surface area contributed by atoms with Gasteiger partial charge in [0.25, 0.3) is 0 Å². The quantitative estimate of drug-likeness (QED) is 0.851. The summed E-state index contributed by atoms with van der Waals surface area (Å²) in [5, 5.41) is 5.48. The molecule has 22 heavy (non-hydrogen) atoms. The van der Waals surface area contributed by atoms with E-state index in [2.05, 4.69) is 16.6 Å². The molecule has 8 heteroatoms. The van der Waals surface area contributed by atoms with Crippen LogP contribution in [0.4, 0.5) is 0 Å². The van der Waals surface area contributed by atoms with Crippen LogP contribution in [0.2, 0.25) is 0 Å². The molecule has 0 amide bonds. The molecule has 1 aromatic heterocycles. The Morgan fingerprint density at radius 1 is 1.36 bits per heavy atom. The van der Waals surface area contributed by atoms with E-state index in [4.69, 9.17) is 4.74 Å². The average Bonchev–Trinajstić information content (AvgIpc) is 3.26. The number of nitrogens with zero attached hydrogens (tertiary/aromatic N) is 2. The van der Waals surface area contributed by atoms with E-state index < -0.39 is 10.0 Å². The maximum atomic E-state index is 12.2. The maximum absolute atomic E-state index is 12.2. The molecule has 0 aromatic carbocycles. The van der Waals surface area contributed by atoms with Crippen LogP contribution >= 0.6 is 11.5 Å². The zero-order valence-electron chi connectivity index (χ0n) is 13.0. The standard InChI is InChI=1S/C14H23N3O3S2/c1-10(13-9-21-16-14(13)20-2)15-11-5-7-17(8-6-11)22(18,19)12-3-4-12/h9-12,15H,3-8H2,1-2H3. The number of sulfonamides is 1. The summed E-state index contributed by atoms with van der Waals surface area (Å²) < 4.78 is 35.6. The second-order valence-electron chi connectivity index (χ2n) is 6.09. The third-order valence-corrected chi connectivity index (χ3v) is 7.50. The summed E-state index contributed by atoms with van der Waals surface area (Å²) in [6.07, 6.45) is 3.39. The number of hydrogen-bond acceptors (Lipinski definition) is 6. The SMILES string of the molecule is COc1nscc1C(C)NC1CCN(S(=O)(=O)C2CC2)CC1. The Bertz CT molecular complexity index is 605. The van der Waals surface area contributed by atoms with Gasteiger partial charge in [0.2, 0.25) is 15.9 Å². The van der Waals surface area contributed by atoms with Crippen molar-refractivity contribution in [2.24, 2.45) is 0 Å². The van der Waals surface area contributed by atoms with E-state index in [0.717, 1.165) is 31.2 Å². The second-order valence-corrected chi connectivity index (χ2v) is 8.93. The van der Waals surface area contributed by atoms with Crippen molar-refractivity contribution in [1.82, 2.24) is 14.0 Å². The van der Waals surface area contributed by atoms with Gasteiger partial charge in [-0.2, -0.15) is 4.37 Å². The number of aromatic nitrogens is 1. The highest BCUT2D eigenvalue weighted by Crippen LogP contribution is 2.33. The Hall–Kier alpha value is -0.700. The van der Waals surface area contributed by atoms with Crippen LogP contribution in [-0.4, -0.2) is 48.6 Å². The van der Waals surface area contributed by atoms with Crippen molar-refractivity contribution in [3.05, 3.63) is 10.9 Å². The molecule has 6 nitrogen and oxygen atoms in total. The van der Waals surface area contributed by atoms with Gasteiger partial charge in [-0.25, -0.2) is 12.7 Å². The fourth-order valence-electron chi connectivity index (χ4n) is 2.97. The summed E-state index contributed by atoms with van der Waals surface area (Å²) in [5.74, 6) is 0.679. The van der Waals surface area contributed by atoms with Crippen molar-refractivity contribution in [3.63, 3.8) is 0 Å². The van der Waals surface area contributed by atoms with Crippen molar-refractivity contribution in [1.29, 1.82) is 0 Å². The molecule has 0 bridgehead atoms. The van der Waals surface area contributed by atoms with Gasteiger partial charge in [-0.1, -0.05) is 0 Å². The van der Waals surface area contributed by atoms with E-state index in [1.807, 2.05) is 5.38 Å². The molecule has 0 spiro atoms. The van der Waals surface area contributed by atoms with Gasteiger partial charge in [0.1, 0.15) is 0 Å². The molecule has 2 fully saturated rings. The van der Waals surface area contributed by atoms with Gasteiger partial charge < -0.3 is 10.1 Å². The lowest BCUT2D eigenvalue weighted by Gasteiger charge is -2.33. The van der Waals surface area contributed by atoms with Crippen LogP contribution in [0.3, 0.4) is 0 Å². The fraction of sp³-hybridized carbons (Fsp3) is 0.786. The smallest absolute Gasteiger partial charge is 0.229 e. The van der Waals surface area contributed by atoms with Crippen molar-refractivity contribution in [3.8, 4) is 5.88 Å². The molecule has 1 aromatic rings. The first kappa shape index (κ1) is 16.2. The largest absolute Gasteiger partial charge is 0.480 e. The van der Waals surface area contributed by atoms with Crippen molar-refractivity contribution in [2.75, 3.05) is 20.2 Å². The molecule has 2 aliphatic rings. The van der Waals surface area contributed by atoms with E-state index in [0.29, 0.717) is 25.0 Å². The third-order valence-electron chi connectivity index (χ3n) is 4.47. The molecule has 1 atom stereocenters. The van der Waals surface area contributed by atoms with Crippen LogP contribution in [0.25, 0.3) is 0 Å². The molecule has 1 unspecified atom stereocenters. The molecular weight excluding hydrogens is 322 g/mol. The number of piperidine rings is 1. The Labute approximate surface area is 136 Å². The van der Waals surface area contributed by atoms with Crippen molar-refractivity contribution < 1.29 is 13.2 Å². The van der Waals surface area contributed by atoms with Gasteiger partial charge >= 0.3 is 0 Å². The van der Waals surface area contributed by atoms with E-state index in [1.165, 1.54) is 11.5 Å². The number of ether oxygens (including phenoxy) is 1. The predicted molar refractivity (Wildman–Crippen MR) is 86.8 cm³/mol. The fourth-order valence-corrected chi connectivity index (χ4v) is 5.59. The molecule has 1 saturated carbocycles. The topological polar surface area (TPSA) is 71.5 Å². The van der Waals surface area contributed by atoms with Crippen LogP contribution in [0, 0.1) is 0 Å². The second kappa shape index (κ2) is 6.43. The first-order chi connectivity index (χ1) is 10.5. The Balaban J connectivity index is 1.53. The van der Waals surface area contributed by atoms with Gasteiger partial charge in [-0.05, 0) is 44.1 Å². The minimum Gasteiger partial charge on any atom is -0.480 e. The molecule has 3 rings (SSSR count). The van der Waals surface area contributed by atoms with Gasteiger partial charge in [0.15, 0.2) is 0 Å².